The van der Waals surface area contributed by atoms with Crippen LogP contribution in [0, 0.1) is 0 Å². The molecule has 0 saturated carbocycles. The van der Waals surface area contributed by atoms with Crippen LogP contribution in [0.15, 0.2) is 77.4 Å². The fraction of sp³-hybridized carbons (Fsp3) is 0.125. The summed E-state index contributed by atoms with van der Waals surface area (Å²) in [6, 6.07) is 19.4. The molecule has 4 rings (SSSR count). The fourth-order valence-electron chi connectivity index (χ4n) is 3.16. The maximum atomic E-state index is 12.2. The van der Waals surface area contributed by atoms with Crippen molar-refractivity contribution in [3.8, 4) is 17.1 Å². The van der Waals surface area contributed by atoms with Gasteiger partial charge in [-0.3, -0.25) is 9.59 Å². The van der Waals surface area contributed by atoms with Gasteiger partial charge in [0.25, 0.3) is 0 Å². The second-order valence-electron chi connectivity index (χ2n) is 6.97. The van der Waals surface area contributed by atoms with E-state index in [1.807, 2.05) is 66.9 Å². The van der Waals surface area contributed by atoms with Crippen molar-refractivity contribution in [2.45, 2.75) is 6.92 Å². The molecule has 0 aliphatic heterocycles. The number of hydrogen-bond donors (Lipinski definition) is 2. The standard InChI is InChI=1S/C24H22N4O3/c1-17(29)25-13-14-26-23(30)12-11-19-16-28(20-8-3-2-4-9-20)27-24(19)22-15-18-7-5-6-10-21(18)31-22/h2-12,15-16H,13-14H2,1H3,(H,25,29)(H,26,30). The van der Waals surface area contributed by atoms with E-state index in [2.05, 4.69) is 10.6 Å². The number of carbonyl (C=O) groups excluding carboxylic acids is 2. The molecule has 0 aliphatic rings. The molecule has 2 N–H and O–H groups in total. The molecule has 31 heavy (non-hydrogen) atoms. The smallest absolute Gasteiger partial charge is 0.244 e. The minimum absolute atomic E-state index is 0.131. The van der Waals surface area contributed by atoms with Crippen LogP contribution in [0.4, 0.5) is 0 Å². The van der Waals surface area contributed by atoms with Crippen LogP contribution in [0.2, 0.25) is 0 Å². The number of furan rings is 1. The van der Waals surface area contributed by atoms with Gasteiger partial charge in [0.15, 0.2) is 5.76 Å². The number of nitrogens with zero attached hydrogens (tertiary/aromatic N) is 2. The lowest BCUT2D eigenvalue weighted by Crippen LogP contribution is -2.32. The largest absolute Gasteiger partial charge is 0.454 e. The van der Waals surface area contributed by atoms with Crippen molar-refractivity contribution in [1.29, 1.82) is 0 Å². The fourth-order valence-corrected chi connectivity index (χ4v) is 3.16. The summed E-state index contributed by atoms with van der Waals surface area (Å²) < 4.78 is 7.76. The van der Waals surface area contributed by atoms with Gasteiger partial charge in [-0.15, -0.1) is 0 Å². The molecule has 156 valence electrons. The molecule has 2 aromatic carbocycles. The number of benzene rings is 2. The first-order chi connectivity index (χ1) is 15.1. The number of para-hydroxylation sites is 2. The molecule has 2 aromatic heterocycles. The van der Waals surface area contributed by atoms with E-state index >= 15 is 0 Å². The van der Waals surface area contributed by atoms with Gasteiger partial charge in [0.1, 0.15) is 11.3 Å². The normalized spacial score (nSPS) is 11.1. The van der Waals surface area contributed by atoms with Crippen LogP contribution in [0.3, 0.4) is 0 Å². The highest BCUT2D eigenvalue weighted by atomic mass is 16.3. The number of hydrogen-bond acceptors (Lipinski definition) is 4. The summed E-state index contributed by atoms with van der Waals surface area (Å²) in [5.41, 5.74) is 3.07. The molecule has 0 unspecified atom stereocenters. The lowest BCUT2D eigenvalue weighted by molar-refractivity contribution is -0.119. The molecule has 7 heteroatoms. The van der Waals surface area contributed by atoms with Crippen LogP contribution in [-0.4, -0.2) is 34.7 Å². The van der Waals surface area contributed by atoms with Crippen molar-refractivity contribution >= 4 is 28.9 Å². The van der Waals surface area contributed by atoms with Crippen LogP contribution in [0.25, 0.3) is 34.2 Å². The van der Waals surface area contributed by atoms with E-state index in [9.17, 15) is 9.59 Å². The van der Waals surface area contributed by atoms with Gasteiger partial charge in [0.2, 0.25) is 11.8 Å². The molecule has 7 nitrogen and oxygen atoms in total. The SMILES string of the molecule is CC(=O)NCCNC(=O)C=Cc1cn(-c2ccccc2)nc1-c1cc2ccccc2o1. The van der Waals surface area contributed by atoms with Crippen LogP contribution < -0.4 is 10.6 Å². The minimum atomic E-state index is -0.256. The van der Waals surface area contributed by atoms with Gasteiger partial charge in [0, 0.05) is 43.2 Å². The third-order valence-electron chi connectivity index (χ3n) is 4.63. The van der Waals surface area contributed by atoms with E-state index < -0.39 is 0 Å². The van der Waals surface area contributed by atoms with Crippen molar-refractivity contribution < 1.29 is 14.0 Å². The first-order valence-electron chi connectivity index (χ1n) is 9.94. The molecule has 2 heterocycles. The Balaban J connectivity index is 1.61. The lowest BCUT2D eigenvalue weighted by atomic mass is 10.2. The second kappa shape index (κ2) is 9.13. The number of fused-ring (bicyclic) bond motifs is 1. The topological polar surface area (TPSA) is 89.2 Å². The summed E-state index contributed by atoms with van der Waals surface area (Å²) in [6.07, 6.45) is 5.02. The Kier molecular flexibility index (Phi) is 5.93. The van der Waals surface area contributed by atoms with Crippen molar-refractivity contribution in [3.05, 3.63) is 78.5 Å². The Bertz CT molecular complexity index is 1210. The summed E-state index contributed by atoms with van der Waals surface area (Å²) >= 11 is 0. The summed E-state index contributed by atoms with van der Waals surface area (Å²) in [5, 5.41) is 11.1. The Morgan fingerprint density at radius 3 is 2.55 bits per heavy atom. The van der Waals surface area contributed by atoms with Gasteiger partial charge in [-0.25, -0.2) is 4.68 Å². The molecule has 0 saturated heterocycles. The lowest BCUT2D eigenvalue weighted by Gasteiger charge is -2.02. The van der Waals surface area contributed by atoms with Crippen LogP contribution in [-0.2, 0) is 9.59 Å². The van der Waals surface area contributed by atoms with Crippen LogP contribution >= 0.6 is 0 Å². The average molecular weight is 414 g/mol. The van der Waals surface area contributed by atoms with Gasteiger partial charge in [-0.1, -0.05) is 36.4 Å². The Morgan fingerprint density at radius 2 is 1.77 bits per heavy atom. The third kappa shape index (κ3) is 4.90. The van der Waals surface area contributed by atoms with Crippen molar-refractivity contribution in [3.63, 3.8) is 0 Å². The summed E-state index contributed by atoms with van der Waals surface area (Å²) in [7, 11) is 0. The number of amides is 2. The Hall–Kier alpha value is -4.13. The minimum Gasteiger partial charge on any atom is -0.454 e. The van der Waals surface area contributed by atoms with E-state index in [0.717, 1.165) is 22.2 Å². The molecule has 0 bridgehead atoms. The zero-order valence-corrected chi connectivity index (χ0v) is 17.0. The second-order valence-corrected chi connectivity index (χ2v) is 6.97. The zero-order valence-electron chi connectivity index (χ0n) is 17.0. The van der Waals surface area contributed by atoms with Crippen LogP contribution in [0.5, 0.6) is 0 Å². The first-order valence-corrected chi connectivity index (χ1v) is 9.94. The molecule has 0 atom stereocenters. The van der Waals surface area contributed by atoms with E-state index in [-0.39, 0.29) is 11.8 Å². The van der Waals surface area contributed by atoms with Gasteiger partial charge in [-0.05, 0) is 30.3 Å². The molecule has 4 aromatic rings. The molecule has 0 radical (unpaired) electrons. The zero-order chi connectivity index (χ0) is 21.6. The number of rotatable bonds is 7. The third-order valence-corrected chi connectivity index (χ3v) is 4.63. The number of carbonyl (C=O) groups is 2. The first kappa shape index (κ1) is 20.2. The maximum absolute atomic E-state index is 12.2. The summed E-state index contributed by atoms with van der Waals surface area (Å²) in [6.45, 7) is 2.17. The highest BCUT2D eigenvalue weighted by Gasteiger charge is 2.15. The highest BCUT2D eigenvalue weighted by molar-refractivity contribution is 5.93. The van der Waals surface area contributed by atoms with E-state index in [1.54, 1.807) is 10.8 Å². The van der Waals surface area contributed by atoms with Crippen LogP contribution in [0.1, 0.15) is 12.5 Å². The van der Waals surface area contributed by atoms with E-state index in [1.165, 1.54) is 13.0 Å². The number of aromatic nitrogens is 2. The molecule has 0 aliphatic carbocycles. The molecule has 2 amide bonds. The molecular formula is C24H22N4O3. The van der Waals surface area contributed by atoms with Gasteiger partial charge in [-0.2, -0.15) is 5.10 Å². The summed E-state index contributed by atoms with van der Waals surface area (Å²) in [5.74, 6) is 0.239. The molecular weight excluding hydrogens is 392 g/mol. The number of nitrogens with one attached hydrogen (secondary N) is 2. The van der Waals surface area contributed by atoms with E-state index in [4.69, 9.17) is 9.52 Å². The van der Waals surface area contributed by atoms with Crippen molar-refractivity contribution in [2.24, 2.45) is 0 Å². The molecule has 0 fully saturated rings. The maximum Gasteiger partial charge on any atom is 0.244 e. The monoisotopic (exact) mass is 414 g/mol. The Labute approximate surface area is 179 Å². The quantitative estimate of drug-likeness (QED) is 0.358. The van der Waals surface area contributed by atoms with Crippen molar-refractivity contribution in [1.82, 2.24) is 20.4 Å². The summed E-state index contributed by atoms with van der Waals surface area (Å²) in [4.78, 5) is 23.1. The average Bonchev–Trinajstić information content (AvgIpc) is 3.40. The van der Waals surface area contributed by atoms with Gasteiger partial charge >= 0.3 is 0 Å². The highest BCUT2D eigenvalue weighted by Crippen LogP contribution is 2.30. The predicted molar refractivity (Wildman–Crippen MR) is 119 cm³/mol. The van der Waals surface area contributed by atoms with Gasteiger partial charge < -0.3 is 15.1 Å². The van der Waals surface area contributed by atoms with E-state index in [0.29, 0.717) is 24.5 Å². The van der Waals surface area contributed by atoms with Crippen molar-refractivity contribution in [2.75, 3.05) is 13.1 Å². The Morgan fingerprint density at radius 1 is 1.03 bits per heavy atom. The predicted octanol–water partition coefficient (Wildman–Crippen LogP) is 3.55. The molecule has 0 spiro atoms. The van der Waals surface area contributed by atoms with Gasteiger partial charge in [0.05, 0.1) is 5.69 Å².